The molecule has 1 unspecified atom stereocenters. The normalized spacial score (nSPS) is 12.7. The first-order valence-electron chi connectivity index (χ1n) is 6.08. The lowest BCUT2D eigenvalue weighted by Crippen LogP contribution is -2.12. The van der Waals surface area contributed by atoms with Crippen molar-refractivity contribution < 1.29 is 4.92 Å². The van der Waals surface area contributed by atoms with E-state index in [1.54, 1.807) is 11.8 Å². The van der Waals surface area contributed by atoms with Crippen molar-refractivity contribution in [2.75, 3.05) is 18.8 Å². The van der Waals surface area contributed by atoms with Crippen LogP contribution in [0, 0.1) is 10.1 Å². The zero-order valence-electron chi connectivity index (χ0n) is 10.8. The molecule has 0 amide bonds. The molecule has 0 saturated carbocycles. The van der Waals surface area contributed by atoms with Crippen LogP contribution in [0.4, 0.5) is 0 Å². The van der Waals surface area contributed by atoms with E-state index < -0.39 is 0 Å². The maximum Gasteiger partial charge on any atom is 0.219 e. The van der Waals surface area contributed by atoms with E-state index in [1.807, 2.05) is 12.1 Å². The van der Waals surface area contributed by atoms with E-state index in [0.717, 1.165) is 11.3 Å². The minimum Gasteiger partial charge on any atom is -0.330 e. The van der Waals surface area contributed by atoms with Gasteiger partial charge in [-0.3, -0.25) is 10.1 Å². The summed E-state index contributed by atoms with van der Waals surface area (Å²) in [5.74, 6) is 1.22. The first-order chi connectivity index (χ1) is 8.54. The largest absolute Gasteiger partial charge is 0.330 e. The van der Waals surface area contributed by atoms with Gasteiger partial charge < -0.3 is 5.73 Å². The first kappa shape index (κ1) is 15.0. The molecular weight excluding hydrogens is 248 g/mol. The van der Waals surface area contributed by atoms with Crippen molar-refractivity contribution in [1.29, 1.82) is 0 Å². The van der Waals surface area contributed by atoms with Gasteiger partial charge in [-0.05, 0) is 17.0 Å². The number of rotatable bonds is 7. The van der Waals surface area contributed by atoms with Crippen LogP contribution in [0.3, 0.4) is 0 Å². The van der Waals surface area contributed by atoms with E-state index in [9.17, 15) is 10.1 Å². The van der Waals surface area contributed by atoms with Crippen molar-refractivity contribution in [3.63, 3.8) is 0 Å². The molecule has 0 aliphatic heterocycles. The van der Waals surface area contributed by atoms with Crippen LogP contribution in [0.25, 0.3) is 0 Å². The maximum atomic E-state index is 10.7. The summed E-state index contributed by atoms with van der Waals surface area (Å²) in [6.07, 6.45) is 0. The molecule has 0 fully saturated rings. The van der Waals surface area contributed by atoms with E-state index in [2.05, 4.69) is 26.0 Å². The molecule has 1 aromatic rings. The van der Waals surface area contributed by atoms with Crippen molar-refractivity contribution in [2.45, 2.75) is 25.0 Å². The molecule has 5 heteroatoms. The van der Waals surface area contributed by atoms with Crippen molar-refractivity contribution in [3.05, 3.63) is 45.5 Å². The molecule has 100 valence electrons. The summed E-state index contributed by atoms with van der Waals surface area (Å²) in [7, 11) is 0. The molecule has 1 aromatic carbocycles. The number of thioether (sulfide) groups is 1. The number of nitro groups is 1. The average Bonchev–Trinajstić information content (AvgIpc) is 2.34. The molecule has 0 aliphatic carbocycles. The number of nitrogens with zero attached hydrogens (tertiary/aromatic N) is 1. The molecule has 0 bridgehead atoms. The molecule has 0 aliphatic rings. The lowest BCUT2D eigenvalue weighted by atomic mass is 10.0. The van der Waals surface area contributed by atoms with Crippen molar-refractivity contribution in [3.8, 4) is 0 Å². The van der Waals surface area contributed by atoms with E-state index in [4.69, 9.17) is 5.73 Å². The highest BCUT2D eigenvalue weighted by Gasteiger charge is 2.18. The zero-order valence-corrected chi connectivity index (χ0v) is 11.7. The molecule has 1 rings (SSSR count). The second-order valence-electron chi connectivity index (χ2n) is 4.48. The third-order valence-electron chi connectivity index (χ3n) is 2.73. The molecular formula is C13H20N2O2S. The average molecular weight is 268 g/mol. The van der Waals surface area contributed by atoms with Crippen LogP contribution in [0.5, 0.6) is 0 Å². The summed E-state index contributed by atoms with van der Waals surface area (Å²) in [4.78, 5) is 10.4. The number of nitrogens with two attached hydrogens (primary N) is 1. The van der Waals surface area contributed by atoms with Gasteiger partial charge in [-0.2, -0.15) is 0 Å². The van der Waals surface area contributed by atoms with Gasteiger partial charge in [0.25, 0.3) is 0 Å². The third-order valence-corrected chi connectivity index (χ3v) is 4.02. The summed E-state index contributed by atoms with van der Waals surface area (Å²) < 4.78 is 0. The van der Waals surface area contributed by atoms with Gasteiger partial charge in [-0.25, -0.2) is 0 Å². The summed E-state index contributed by atoms with van der Waals surface area (Å²) in [6.45, 7) is 4.76. The summed E-state index contributed by atoms with van der Waals surface area (Å²) >= 11 is 1.55. The van der Waals surface area contributed by atoms with E-state index >= 15 is 0 Å². The fourth-order valence-corrected chi connectivity index (χ4v) is 2.69. The molecule has 0 heterocycles. The minimum atomic E-state index is -0.259. The van der Waals surface area contributed by atoms with Gasteiger partial charge in [0.05, 0.1) is 5.25 Å². The number of benzene rings is 1. The lowest BCUT2D eigenvalue weighted by molar-refractivity contribution is -0.479. The Bertz CT molecular complexity index is 379. The highest BCUT2D eigenvalue weighted by atomic mass is 32.2. The lowest BCUT2D eigenvalue weighted by Gasteiger charge is -2.14. The molecule has 0 spiro atoms. The van der Waals surface area contributed by atoms with Crippen LogP contribution in [-0.2, 0) is 0 Å². The predicted molar refractivity (Wildman–Crippen MR) is 76.6 cm³/mol. The van der Waals surface area contributed by atoms with Crippen molar-refractivity contribution in [2.24, 2.45) is 5.73 Å². The first-order valence-corrected chi connectivity index (χ1v) is 7.12. The molecule has 0 saturated heterocycles. The topological polar surface area (TPSA) is 69.2 Å². The summed E-state index contributed by atoms with van der Waals surface area (Å²) in [5.41, 5.74) is 7.72. The molecule has 18 heavy (non-hydrogen) atoms. The highest BCUT2D eigenvalue weighted by molar-refractivity contribution is 7.99. The van der Waals surface area contributed by atoms with Gasteiger partial charge in [0.2, 0.25) is 6.54 Å². The summed E-state index contributed by atoms with van der Waals surface area (Å²) in [5, 5.41) is 10.6. The SMILES string of the molecule is CC(C)c1ccc(C(C[N+](=O)[O-])SCCN)cc1. The highest BCUT2D eigenvalue weighted by Crippen LogP contribution is 2.29. The van der Waals surface area contributed by atoms with Gasteiger partial charge in [-0.1, -0.05) is 38.1 Å². The monoisotopic (exact) mass is 268 g/mol. The predicted octanol–water partition coefficient (Wildman–Crippen LogP) is 2.82. The zero-order chi connectivity index (χ0) is 13.5. The van der Waals surface area contributed by atoms with Crippen LogP contribution in [-0.4, -0.2) is 23.8 Å². The van der Waals surface area contributed by atoms with E-state index in [-0.39, 0.29) is 16.7 Å². The fourth-order valence-electron chi connectivity index (χ4n) is 1.70. The smallest absolute Gasteiger partial charge is 0.219 e. The van der Waals surface area contributed by atoms with Crippen LogP contribution >= 0.6 is 11.8 Å². The molecule has 0 aromatic heterocycles. The maximum absolute atomic E-state index is 10.7. The Morgan fingerprint density at radius 3 is 2.28 bits per heavy atom. The van der Waals surface area contributed by atoms with Crippen molar-refractivity contribution >= 4 is 11.8 Å². The molecule has 0 radical (unpaired) electrons. The van der Waals surface area contributed by atoms with Crippen molar-refractivity contribution in [1.82, 2.24) is 0 Å². The minimum absolute atomic E-state index is 0.0499. The Balaban J connectivity index is 2.80. The second kappa shape index (κ2) is 7.38. The Labute approximate surface area is 112 Å². The van der Waals surface area contributed by atoms with Crippen LogP contribution in [0.1, 0.15) is 36.1 Å². The number of hydrogen-bond acceptors (Lipinski definition) is 4. The Morgan fingerprint density at radius 2 is 1.83 bits per heavy atom. The van der Waals surface area contributed by atoms with Crippen LogP contribution in [0.15, 0.2) is 24.3 Å². The van der Waals surface area contributed by atoms with E-state index in [1.165, 1.54) is 5.56 Å². The Hall–Kier alpha value is -1.07. The molecule has 2 N–H and O–H groups in total. The quantitative estimate of drug-likeness (QED) is 0.610. The van der Waals surface area contributed by atoms with Crippen LogP contribution in [0.2, 0.25) is 0 Å². The van der Waals surface area contributed by atoms with Gasteiger partial charge >= 0.3 is 0 Å². The second-order valence-corrected chi connectivity index (χ2v) is 5.80. The standard InChI is InChI=1S/C13H20N2O2S/c1-10(2)11-3-5-12(6-4-11)13(9-15(16)17)18-8-7-14/h3-6,10,13H,7-9,14H2,1-2H3. The molecule has 4 nitrogen and oxygen atoms in total. The fraction of sp³-hybridized carbons (Fsp3) is 0.538. The van der Waals surface area contributed by atoms with Gasteiger partial charge in [0.15, 0.2) is 0 Å². The summed E-state index contributed by atoms with van der Waals surface area (Å²) in [6, 6.07) is 8.09. The van der Waals surface area contributed by atoms with E-state index in [0.29, 0.717) is 12.5 Å². The Kier molecular flexibility index (Phi) is 6.15. The third kappa shape index (κ3) is 4.66. The van der Waals surface area contributed by atoms with Gasteiger partial charge in [0.1, 0.15) is 0 Å². The molecule has 1 atom stereocenters. The van der Waals surface area contributed by atoms with Gasteiger partial charge in [-0.15, -0.1) is 11.8 Å². The van der Waals surface area contributed by atoms with Crippen LogP contribution < -0.4 is 5.73 Å². The number of hydrogen-bond donors (Lipinski definition) is 1. The van der Waals surface area contributed by atoms with Gasteiger partial charge in [0, 0.05) is 17.2 Å². The Morgan fingerprint density at radius 1 is 1.28 bits per heavy atom.